The first-order valence-corrected chi connectivity index (χ1v) is 13.4. The van der Waals surface area contributed by atoms with Crippen LogP contribution in [0.25, 0.3) is 11.3 Å². The molecule has 1 saturated heterocycles. The largest absolute Gasteiger partial charge is 0.351 e. The lowest BCUT2D eigenvalue weighted by Crippen LogP contribution is -2.45. The van der Waals surface area contributed by atoms with Gasteiger partial charge in [0.25, 0.3) is 0 Å². The summed E-state index contributed by atoms with van der Waals surface area (Å²) in [4.78, 5) is 25.4. The molecule has 1 N–H and O–H groups in total. The van der Waals surface area contributed by atoms with E-state index in [1.807, 2.05) is 6.92 Å². The summed E-state index contributed by atoms with van der Waals surface area (Å²) >= 11 is 6.19. The molecule has 0 spiro atoms. The zero-order chi connectivity index (χ0) is 27.0. The summed E-state index contributed by atoms with van der Waals surface area (Å²) in [7, 11) is -3.99. The Morgan fingerprint density at radius 1 is 1.19 bits per heavy atom. The van der Waals surface area contributed by atoms with Gasteiger partial charge in [-0.25, -0.2) is 32.2 Å². The molecule has 37 heavy (non-hydrogen) atoms. The topological polar surface area (TPSA) is 105 Å². The van der Waals surface area contributed by atoms with E-state index in [9.17, 15) is 22.0 Å². The number of hydrogen-bond donors (Lipinski definition) is 1. The molecule has 1 aliphatic heterocycles. The molecule has 4 rings (SSSR count). The number of sulfonamides is 1. The second-order valence-corrected chi connectivity index (χ2v) is 11.8. The van der Waals surface area contributed by atoms with Gasteiger partial charge in [0.05, 0.1) is 10.6 Å². The monoisotopic (exact) mass is 549 g/mol. The van der Waals surface area contributed by atoms with E-state index >= 15 is 0 Å². The van der Waals surface area contributed by atoms with Crippen molar-refractivity contribution in [3.8, 4) is 11.3 Å². The minimum atomic E-state index is -3.99. The number of nitrogens with one attached hydrogen (secondary N) is 1. The van der Waals surface area contributed by atoms with Crippen LogP contribution < -0.4 is 5.32 Å². The van der Waals surface area contributed by atoms with E-state index in [-0.39, 0.29) is 34.9 Å². The molecular formula is C25H26ClF2N5O3S. The van der Waals surface area contributed by atoms with Crippen LogP contribution in [0.4, 0.5) is 8.78 Å². The molecule has 1 fully saturated rings. The third-order valence-electron chi connectivity index (χ3n) is 5.99. The first kappa shape index (κ1) is 27.0. The van der Waals surface area contributed by atoms with E-state index < -0.39 is 33.5 Å². The van der Waals surface area contributed by atoms with E-state index in [2.05, 4.69) is 20.3 Å². The molecule has 0 bridgehead atoms. The molecule has 0 radical (unpaired) electrons. The molecule has 196 valence electrons. The Bertz CT molecular complexity index is 1400. The number of carbonyl (C=O) groups excluding carboxylic acids is 1. The Morgan fingerprint density at radius 2 is 1.84 bits per heavy atom. The standard InChI is InChI=1S/C25H26ClF2N5O3S/c1-15-8-21(33(14-15)37(35,36)19-6-4-18(27)5-7-19)23(34)29-11-16-9-20(32-22(26)10-16)17-12-30-24(31-13-17)25(2,3)28/h4-7,9-10,12-13,15,21H,8,11,14H2,1-3H3,(H,29,34)/t15?,21-/m0/s1. The van der Waals surface area contributed by atoms with Crippen LogP contribution in [0.15, 0.2) is 53.7 Å². The number of alkyl halides is 1. The van der Waals surface area contributed by atoms with Gasteiger partial charge < -0.3 is 5.32 Å². The minimum absolute atomic E-state index is 0.0368. The van der Waals surface area contributed by atoms with Gasteiger partial charge in [-0.1, -0.05) is 18.5 Å². The highest BCUT2D eigenvalue weighted by molar-refractivity contribution is 7.89. The lowest BCUT2D eigenvalue weighted by molar-refractivity contribution is -0.124. The summed E-state index contributed by atoms with van der Waals surface area (Å²) in [5.41, 5.74) is -0.109. The average molecular weight is 550 g/mol. The first-order chi connectivity index (χ1) is 17.3. The number of nitrogens with zero attached hydrogens (tertiary/aromatic N) is 4. The van der Waals surface area contributed by atoms with Crippen molar-refractivity contribution in [1.29, 1.82) is 0 Å². The molecule has 3 aromatic rings. The molecule has 12 heteroatoms. The van der Waals surface area contributed by atoms with Gasteiger partial charge in [0.15, 0.2) is 11.5 Å². The lowest BCUT2D eigenvalue weighted by atomic mass is 10.1. The maximum Gasteiger partial charge on any atom is 0.243 e. The number of halogens is 3. The van der Waals surface area contributed by atoms with Gasteiger partial charge in [-0.05, 0) is 68.1 Å². The maximum absolute atomic E-state index is 14.1. The van der Waals surface area contributed by atoms with E-state index in [4.69, 9.17) is 11.6 Å². The predicted molar refractivity (Wildman–Crippen MR) is 134 cm³/mol. The first-order valence-electron chi connectivity index (χ1n) is 11.6. The minimum Gasteiger partial charge on any atom is -0.351 e. The number of amides is 1. The van der Waals surface area contributed by atoms with E-state index in [0.717, 1.165) is 16.4 Å². The Kier molecular flexibility index (Phi) is 7.59. The number of carbonyl (C=O) groups is 1. The van der Waals surface area contributed by atoms with Gasteiger partial charge in [0.2, 0.25) is 15.9 Å². The molecule has 0 aliphatic carbocycles. The molecule has 0 saturated carbocycles. The van der Waals surface area contributed by atoms with Crippen molar-refractivity contribution in [1.82, 2.24) is 24.6 Å². The second kappa shape index (κ2) is 10.4. The van der Waals surface area contributed by atoms with Gasteiger partial charge in [-0.2, -0.15) is 4.31 Å². The third-order valence-corrected chi connectivity index (χ3v) is 8.07. The summed E-state index contributed by atoms with van der Waals surface area (Å²) in [5.74, 6) is -1.00. The zero-order valence-electron chi connectivity index (χ0n) is 20.5. The summed E-state index contributed by atoms with van der Waals surface area (Å²) in [6, 6.07) is 6.88. The van der Waals surface area contributed by atoms with Crippen molar-refractivity contribution in [3.05, 3.63) is 71.2 Å². The molecule has 3 heterocycles. The van der Waals surface area contributed by atoms with Crippen LogP contribution in [-0.4, -0.2) is 46.2 Å². The fourth-order valence-corrected chi connectivity index (χ4v) is 6.08. The van der Waals surface area contributed by atoms with Crippen LogP contribution in [0.3, 0.4) is 0 Å². The van der Waals surface area contributed by atoms with E-state index in [1.165, 1.54) is 38.4 Å². The quantitative estimate of drug-likeness (QED) is 0.442. The van der Waals surface area contributed by atoms with Crippen molar-refractivity contribution in [3.63, 3.8) is 0 Å². The highest BCUT2D eigenvalue weighted by Gasteiger charge is 2.42. The maximum atomic E-state index is 14.1. The van der Waals surface area contributed by atoms with Crippen LogP contribution >= 0.6 is 11.6 Å². The number of rotatable bonds is 7. The summed E-state index contributed by atoms with van der Waals surface area (Å²) < 4.78 is 54.9. The van der Waals surface area contributed by atoms with Crippen molar-refractivity contribution in [2.45, 2.75) is 50.3 Å². The Morgan fingerprint density at radius 3 is 2.46 bits per heavy atom. The molecule has 2 aromatic heterocycles. The molecule has 2 atom stereocenters. The molecule has 8 nitrogen and oxygen atoms in total. The summed E-state index contributed by atoms with van der Waals surface area (Å²) in [6.07, 6.45) is 3.24. The lowest BCUT2D eigenvalue weighted by Gasteiger charge is -2.23. The average Bonchev–Trinajstić information content (AvgIpc) is 3.25. The van der Waals surface area contributed by atoms with E-state index in [1.54, 1.807) is 12.1 Å². The molecule has 1 unspecified atom stereocenters. The van der Waals surface area contributed by atoms with Crippen molar-refractivity contribution in [2.75, 3.05) is 6.54 Å². The zero-order valence-corrected chi connectivity index (χ0v) is 22.0. The normalized spacial score (nSPS) is 18.6. The fourth-order valence-electron chi connectivity index (χ4n) is 4.13. The SMILES string of the molecule is CC1C[C@@H](C(=O)NCc2cc(Cl)nc(-c3cnc(C(C)(C)F)nc3)c2)N(S(=O)(=O)c2ccc(F)cc2)C1. The Labute approximate surface area is 219 Å². The third kappa shape index (κ3) is 6.11. The molecular weight excluding hydrogens is 524 g/mol. The highest BCUT2D eigenvalue weighted by Crippen LogP contribution is 2.30. The van der Waals surface area contributed by atoms with Gasteiger partial charge >= 0.3 is 0 Å². The van der Waals surface area contributed by atoms with Gasteiger partial charge in [-0.3, -0.25) is 4.79 Å². The smallest absolute Gasteiger partial charge is 0.243 e. The van der Waals surface area contributed by atoms with Crippen LogP contribution in [-0.2, 0) is 27.0 Å². The van der Waals surface area contributed by atoms with Crippen molar-refractivity contribution >= 4 is 27.5 Å². The van der Waals surface area contributed by atoms with Crippen molar-refractivity contribution < 1.29 is 22.0 Å². The Hall–Kier alpha value is -3.02. The molecule has 1 amide bonds. The Balaban J connectivity index is 1.50. The highest BCUT2D eigenvalue weighted by atomic mass is 35.5. The number of pyridine rings is 1. The summed E-state index contributed by atoms with van der Waals surface area (Å²) in [6.45, 7) is 4.83. The van der Waals surface area contributed by atoms with Gasteiger partial charge in [-0.15, -0.1) is 0 Å². The fraction of sp³-hybridized carbons (Fsp3) is 0.360. The van der Waals surface area contributed by atoms with Crippen LogP contribution in [0, 0.1) is 11.7 Å². The van der Waals surface area contributed by atoms with Gasteiger partial charge in [0, 0.05) is 31.0 Å². The van der Waals surface area contributed by atoms with Crippen molar-refractivity contribution in [2.24, 2.45) is 5.92 Å². The second-order valence-electron chi connectivity index (χ2n) is 9.55. The van der Waals surface area contributed by atoms with Gasteiger partial charge in [0.1, 0.15) is 17.0 Å². The number of aromatic nitrogens is 3. The number of benzene rings is 1. The predicted octanol–water partition coefficient (Wildman–Crippen LogP) is 4.25. The van der Waals surface area contributed by atoms with Crippen LogP contribution in [0.1, 0.15) is 38.6 Å². The number of hydrogen-bond acceptors (Lipinski definition) is 6. The van der Waals surface area contributed by atoms with Crippen LogP contribution in [0.2, 0.25) is 5.15 Å². The summed E-state index contributed by atoms with van der Waals surface area (Å²) in [5, 5.41) is 2.96. The molecule has 1 aliphatic rings. The van der Waals surface area contributed by atoms with Crippen LogP contribution in [0.5, 0.6) is 0 Å². The molecule has 1 aromatic carbocycles. The van der Waals surface area contributed by atoms with E-state index in [0.29, 0.717) is 23.2 Å².